The number of hydrogen-bond donors (Lipinski definition) is 1. The van der Waals surface area contributed by atoms with Gasteiger partial charge in [-0.25, -0.2) is 0 Å². The van der Waals surface area contributed by atoms with E-state index < -0.39 is 0 Å². The molecule has 0 fully saturated rings. The van der Waals surface area contributed by atoms with Gasteiger partial charge in [0.1, 0.15) is 0 Å². The molecule has 0 radical (unpaired) electrons. The van der Waals surface area contributed by atoms with Gasteiger partial charge in [-0.3, -0.25) is 0 Å². The van der Waals surface area contributed by atoms with Crippen molar-refractivity contribution in [1.29, 1.82) is 0 Å². The third-order valence-electron chi connectivity index (χ3n) is 7.08. The van der Waals surface area contributed by atoms with Crippen LogP contribution < -0.4 is 10.6 Å². The predicted octanol–water partition coefficient (Wildman–Crippen LogP) is 10.4. The topological polar surface area (TPSA) is 29.3 Å². The smallest absolute Gasteiger partial charge is 0.0540 e. The van der Waals surface area contributed by atoms with Gasteiger partial charge in [0.2, 0.25) is 0 Å². The third kappa shape index (κ3) is 5.29. The minimum Gasteiger partial charge on any atom is -0.398 e. The maximum absolute atomic E-state index is 5.76. The van der Waals surface area contributed by atoms with Gasteiger partial charge < -0.3 is 10.6 Å². The number of rotatable bonds is 4. The van der Waals surface area contributed by atoms with E-state index in [0.29, 0.717) is 0 Å². The fourth-order valence-corrected chi connectivity index (χ4v) is 5.09. The molecule has 0 saturated carbocycles. The van der Waals surface area contributed by atoms with Crippen LogP contribution in [0.5, 0.6) is 0 Å². The van der Waals surface area contributed by atoms with Gasteiger partial charge in [0.25, 0.3) is 0 Å². The van der Waals surface area contributed by atoms with E-state index in [4.69, 9.17) is 5.73 Å². The molecule has 0 unspecified atom stereocenters. The summed E-state index contributed by atoms with van der Waals surface area (Å²) < 4.78 is 0. The summed E-state index contributed by atoms with van der Waals surface area (Å²) in [5, 5.41) is 4.82. The highest BCUT2D eigenvalue weighted by Gasteiger charge is 2.14. The van der Waals surface area contributed by atoms with Crippen molar-refractivity contribution < 1.29 is 0 Å². The number of anilines is 4. The number of hydrogen-bond acceptors (Lipinski definition) is 2. The summed E-state index contributed by atoms with van der Waals surface area (Å²) >= 11 is 0. The molecule has 0 atom stereocenters. The first kappa shape index (κ1) is 25.0. The van der Waals surface area contributed by atoms with Crippen LogP contribution >= 0.6 is 0 Å². The predicted molar refractivity (Wildman–Crippen MR) is 172 cm³/mol. The van der Waals surface area contributed by atoms with E-state index in [1.807, 2.05) is 30.3 Å². The summed E-state index contributed by atoms with van der Waals surface area (Å²) in [5.74, 6) is 0. The molecule has 0 amide bonds. The second kappa shape index (κ2) is 11.6. The van der Waals surface area contributed by atoms with Crippen molar-refractivity contribution in [2.45, 2.75) is 0 Å². The van der Waals surface area contributed by atoms with Crippen LogP contribution in [0.4, 0.5) is 22.7 Å². The Hall–Kier alpha value is -5.34. The minimum absolute atomic E-state index is 0.850. The van der Waals surface area contributed by atoms with Crippen LogP contribution in [0, 0.1) is 0 Å². The van der Waals surface area contributed by atoms with E-state index >= 15 is 0 Å². The Bertz CT molecular complexity index is 1830. The summed E-state index contributed by atoms with van der Waals surface area (Å²) in [7, 11) is 0. The maximum Gasteiger partial charge on any atom is 0.0540 e. The normalized spacial score (nSPS) is 10.6. The molecule has 0 bridgehead atoms. The number of nitrogens with zero attached hydrogens (tertiary/aromatic N) is 1. The van der Waals surface area contributed by atoms with Crippen LogP contribution in [0.3, 0.4) is 0 Å². The first-order valence-corrected chi connectivity index (χ1v) is 13.5. The lowest BCUT2D eigenvalue weighted by Crippen LogP contribution is -2.10. The Balaban J connectivity index is 0.000000219. The van der Waals surface area contributed by atoms with Gasteiger partial charge in [-0.2, -0.15) is 0 Å². The van der Waals surface area contributed by atoms with Crippen LogP contribution in [-0.2, 0) is 0 Å². The van der Waals surface area contributed by atoms with Crippen molar-refractivity contribution in [2.75, 3.05) is 10.6 Å². The zero-order valence-corrected chi connectivity index (χ0v) is 22.2. The van der Waals surface area contributed by atoms with Gasteiger partial charge in [0.15, 0.2) is 0 Å². The molecule has 192 valence electrons. The Kier molecular flexibility index (Phi) is 7.23. The summed E-state index contributed by atoms with van der Waals surface area (Å²) in [6, 6.07) is 59.0. The molecule has 2 N–H and O–H groups in total. The first-order chi connectivity index (χ1) is 19.8. The van der Waals surface area contributed by atoms with E-state index in [1.54, 1.807) is 0 Å². The minimum atomic E-state index is 0.850. The average molecular weight is 515 g/mol. The second-order valence-corrected chi connectivity index (χ2v) is 9.65. The Morgan fingerprint density at radius 1 is 0.350 bits per heavy atom. The highest BCUT2D eigenvalue weighted by atomic mass is 15.1. The molecule has 7 aromatic rings. The quantitative estimate of drug-likeness (QED) is 0.237. The fraction of sp³-hybridized carbons (Fsp3) is 0. The van der Waals surface area contributed by atoms with Gasteiger partial charge in [-0.1, -0.05) is 133 Å². The largest absolute Gasteiger partial charge is 0.398 e. The third-order valence-corrected chi connectivity index (χ3v) is 7.08. The van der Waals surface area contributed by atoms with Gasteiger partial charge in [0.05, 0.1) is 5.69 Å². The maximum atomic E-state index is 5.76. The van der Waals surface area contributed by atoms with Crippen LogP contribution in [0.25, 0.3) is 32.7 Å². The monoisotopic (exact) mass is 514 g/mol. The highest BCUT2D eigenvalue weighted by molar-refractivity contribution is 5.99. The van der Waals surface area contributed by atoms with Gasteiger partial charge in [-0.15, -0.1) is 0 Å². The molecule has 0 heterocycles. The molecule has 7 rings (SSSR count). The summed E-state index contributed by atoms with van der Waals surface area (Å²) in [5.41, 5.74) is 12.5. The lowest BCUT2D eigenvalue weighted by Gasteiger charge is -2.27. The molecule has 0 saturated heterocycles. The van der Waals surface area contributed by atoms with Crippen molar-refractivity contribution in [3.8, 4) is 11.1 Å². The number of para-hydroxylation sites is 1. The molecule has 40 heavy (non-hydrogen) atoms. The van der Waals surface area contributed by atoms with Crippen LogP contribution in [0.15, 0.2) is 170 Å². The van der Waals surface area contributed by atoms with E-state index in [9.17, 15) is 0 Å². The molecule has 2 nitrogen and oxygen atoms in total. The molecular weight excluding hydrogens is 484 g/mol. The Labute approximate surface area is 235 Å². The zero-order valence-electron chi connectivity index (χ0n) is 22.2. The average Bonchev–Trinajstić information content (AvgIpc) is 3.03. The standard InChI is InChI=1S/C28H21N.C10H9N/c1-3-10-22(11-4-1)23-18-20-26(21-19-23)29(25-14-5-2-6-15-25)28-17-9-13-24-12-7-8-16-27(24)28;11-10-7-3-5-8-4-1-2-6-9(8)10/h1-21H;1-7H,11H2. The van der Waals surface area contributed by atoms with Crippen molar-refractivity contribution in [2.24, 2.45) is 0 Å². The van der Waals surface area contributed by atoms with E-state index in [-0.39, 0.29) is 0 Å². The fourth-order valence-electron chi connectivity index (χ4n) is 5.09. The first-order valence-electron chi connectivity index (χ1n) is 13.5. The van der Waals surface area contributed by atoms with E-state index in [0.717, 1.165) is 22.4 Å². The summed E-state index contributed by atoms with van der Waals surface area (Å²) in [4.78, 5) is 2.33. The van der Waals surface area contributed by atoms with E-state index in [1.165, 1.54) is 33.0 Å². The summed E-state index contributed by atoms with van der Waals surface area (Å²) in [6.45, 7) is 0. The lowest BCUT2D eigenvalue weighted by atomic mass is 10.0. The van der Waals surface area contributed by atoms with Crippen LogP contribution in [-0.4, -0.2) is 0 Å². The van der Waals surface area contributed by atoms with Crippen molar-refractivity contribution in [3.05, 3.63) is 170 Å². The van der Waals surface area contributed by atoms with Crippen molar-refractivity contribution in [3.63, 3.8) is 0 Å². The molecule has 0 aliphatic rings. The SMILES string of the molecule is Nc1cccc2ccccc12.c1ccc(-c2ccc(N(c3ccccc3)c3cccc4ccccc34)cc2)cc1. The molecule has 0 aromatic heterocycles. The van der Waals surface area contributed by atoms with Gasteiger partial charge in [-0.05, 0) is 58.3 Å². The van der Waals surface area contributed by atoms with Gasteiger partial charge in [0, 0.05) is 27.8 Å². The number of benzene rings is 7. The van der Waals surface area contributed by atoms with Crippen LogP contribution in [0.1, 0.15) is 0 Å². The van der Waals surface area contributed by atoms with Crippen LogP contribution in [0.2, 0.25) is 0 Å². The lowest BCUT2D eigenvalue weighted by molar-refractivity contribution is 1.30. The second-order valence-electron chi connectivity index (χ2n) is 9.65. The summed E-state index contributed by atoms with van der Waals surface area (Å²) in [6.07, 6.45) is 0. The Morgan fingerprint density at radius 2 is 0.825 bits per heavy atom. The number of fused-ring (bicyclic) bond motifs is 2. The molecule has 0 spiro atoms. The molecular formula is C38H30N2. The molecule has 0 aliphatic carbocycles. The zero-order chi connectivity index (χ0) is 27.1. The molecule has 7 aromatic carbocycles. The van der Waals surface area contributed by atoms with Crippen molar-refractivity contribution in [1.82, 2.24) is 0 Å². The molecule has 0 aliphatic heterocycles. The van der Waals surface area contributed by atoms with Gasteiger partial charge >= 0.3 is 0 Å². The Morgan fingerprint density at radius 3 is 1.50 bits per heavy atom. The molecule has 2 heteroatoms. The number of nitrogens with two attached hydrogens (primary N) is 1. The van der Waals surface area contributed by atoms with E-state index in [2.05, 4.69) is 144 Å². The highest BCUT2D eigenvalue weighted by Crippen LogP contribution is 2.39. The van der Waals surface area contributed by atoms with Crippen molar-refractivity contribution >= 4 is 44.3 Å². The number of nitrogen functional groups attached to an aromatic ring is 1.